The first-order chi connectivity index (χ1) is 15.3. The van der Waals surface area contributed by atoms with Crippen molar-refractivity contribution in [3.63, 3.8) is 0 Å². The molecule has 0 saturated heterocycles. The fraction of sp³-hybridized carbons (Fsp3) is 0.200. The highest BCUT2D eigenvalue weighted by molar-refractivity contribution is 9.10. The van der Waals surface area contributed by atoms with Gasteiger partial charge in [-0.15, -0.1) is 0 Å². The molecule has 32 heavy (non-hydrogen) atoms. The van der Waals surface area contributed by atoms with Crippen LogP contribution in [0.1, 0.15) is 23.6 Å². The van der Waals surface area contributed by atoms with E-state index in [1.807, 2.05) is 50.2 Å². The van der Waals surface area contributed by atoms with Crippen molar-refractivity contribution >= 4 is 50.2 Å². The number of amides is 1. The van der Waals surface area contributed by atoms with E-state index in [4.69, 9.17) is 20.8 Å². The monoisotopic (exact) mass is 512 g/mol. The van der Waals surface area contributed by atoms with Crippen molar-refractivity contribution in [2.45, 2.75) is 27.2 Å². The van der Waals surface area contributed by atoms with Gasteiger partial charge in [0.1, 0.15) is 11.3 Å². The zero-order valence-corrected chi connectivity index (χ0v) is 20.3. The van der Waals surface area contributed by atoms with E-state index in [0.717, 1.165) is 38.7 Å². The van der Waals surface area contributed by atoms with Gasteiger partial charge in [0.15, 0.2) is 12.2 Å². The third kappa shape index (κ3) is 4.81. The minimum Gasteiger partial charge on any atom is -0.482 e. The molecule has 1 heterocycles. The van der Waals surface area contributed by atoms with Gasteiger partial charge in [-0.2, -0.15) is 0 Å². The number of anilines is 1. The van der Waals surface area contributed by atoms with Gasteiger partial charge in [-0.05, 0) is 95.4 Å². The second-order valence-electron chi connectivity index (χ2n) is 7.61. The van der Waals surface area contributed by atoms with Crippen LogP contribution in [-0.4, -0.2) is 17.5 Å². The molecule has 3 aromatic carbocycles. The molecule has 4 aromatic rings. The van der Waals surface area contributed by atoms with E-state index in [2.05, 4.69) is 33.2 Å². The molecule has 0 fully saturated rings. The number of benzene rings is 3. The average molecular weight is 514 g/mol. The van der Waals surface area contributed by atoms with Crippen molar-refractivity contribution in [2.75, 3.05) is 11.9 Å². The summed E-state index contributed by atoms with van der Waals surface area (Å²) in [5.74, 6) is 0.780. The highest BCUT2D eigenvalue weighted by Gasteiger charge is 2.13. The van der Waals surface area contributed by atoms with Gasteiger partial charge in [-0.3, -0.25) is 4.79 Å². The molecule has 0 atom stereocenters. The number of nitrogens with one attached hydrogen (secondary N) is 1. The Morgan fingerprint density at radius 1 is 1.16 bits per heavy atom. The van der Waals surface area contributed by atoms with Crippen LogP contribution < -0.4 is 10.1 Å². The number of hydrogen-bond donors (Lipinski definition) is 1. The summed E-state index contributed by atoms with van der Waals surface area (Å²) in [7, 11) is 0. The van der Waals surface area contributed by atoms with E-state index in [0.29, 0.717) is 22.4 Å². The molecule has 0 aliphatic heterocycles. The number of nitrogens with zero attached hydrogens (tertiary/aromatic N) is 1. The van der Waals surface area contributed by atoms with Crippen LogP contribution in [0.15, 0.2) is 57.4 Å². The summed E-state index contributed by atoms with van der Waals surface area (Å²) in [5.41, 5.74) is 6.13. The number of fused-ring (bicyclic) bond motifs is 1. The van der Waals surface area contributed by atoms with Crippen LogP contribution in [0.5, 0.6) is 5.75 Å². The van der Waals surface area contributed by atoms with Gasteiger partial charge in [0.2, 0.25) is 5.89 Å². The number of ether oxygens (including phenoxy) is 1. The van der Waals surface area contributed by atoms with Crippen LogP contribution in [0.2, 0.25) is 5.02 Å². The lowest BCUT2D eigenvalue weighted by molar-refractivity contribution is -0.118. The summed E-state index contributed by atoms with van der Waals surface area (Å²) < 4.78 is 12.5. The Hall–Kier alpha value is -2.83. The molecule has 164 valence electrons. The number of hydrogen-bond acceptors (Lipinski definition) is 4. The Bertz CT molecular complexity index is 1280. The zero-order valence-electron chi connectivity index (χ0n) is 18.0. The number of aromatic nitrogens is 1. The molecular weight excluding hydrogens is 492 g/mol. The molecule has 0 aliphatic carbocycles. The summed E-state index contributed by atoms with van der Waals surface area (Å²) in [6, 6.07) is 15.2. The second kappa shape index (κ2) is 9.35. The molecule has 1 amide bonds. The van der Waals surface area contributed by atoms with Crippen molar-refractivity contribution in [1.82, 2.24) is 4.98 Å². The minimum atomic E-state index is -0.272. The van der Waals surface area contributed by atoms with E-state index in [-0.39, 0.29) is 12.5 Å². The van der Waals surface area contributed by atoms with Crippen LogP contribution in [-0.2, 0) is 11.2 Å². The van der Waals surface area contributed by atoms with Gasteiger partial charge in [-0.1, -0.05) is 24.6 Å². The standard InChI is InChI=1S/C25H22BrClN2O3/c1-4-16-11-19(26)24-21(12-16)29-25(32-24)17-5-7-18(8-6-17)28-22(30)13-31-23-15(3)9-14(2)10-20(23)27/h5-12H,4,13H2,1-3H3,(H,28,30). The van der Waals surface area contributed by atoms with Gasteiger partial charge >= 0.3 is 0 Å². The Morgan fingerprint density at radius 2 is 1.91 bits per heavy atom. The predicted molar refractivity (Wildman–Crippen MR) is 132 cm³/mol. The van der Waals surface area contributed by atoms with Crippen LogP contribution >= 0.6 is 27.5 Å². The number of carbonyl (C=O) groups excluding carboxylic acids is 1. The molecule has 0 bridgehead atoms. The minimum absolute atomic E-state index is 0.135. The lowest BCUT2D eigenvalue weighted by atomic mass is 10.1. The summed E-state index contributed by atoms with van der Waals surface area (Å²) in [4.78, 5) is 16.9. The number of oxazole rings is 1. The van der Waals surface area contributed by atoms with Gasteiger partial charge in [0, 0.05) is 11.3 Å². The highest BCUT2D eigenvalue weighted by atomic mass is 79.9. The van der Waals surface area contributed by atoms with Crippen LogP contribution in [0, 0.1) is 13.8 Å². The normalized spacial score (nSPS) is 11.0. The maximum atomic E-state index is 12.3. The molecule has 5 nitrogen and oxygen atoms in total. The molecule has 0 aliphatic rings. The predicted octanol–water partition coefficient (Wildman–Crippen LogP) is 7.11. The van der Waals surface area contributed by atoms with Crippen molar-refractivity contribution in [3.05, 3.63) is 74.7 Å². The summed E-state index contributed by atoms with van der Waals surface area (Å²) >= 11 is 9.79. The Balaban J connectivity index is 1.43. The second-order valence-corrected chi connectivity index (χ2v) is 8.87. The first-order valence-corrected chi connectivity index (χ1v) is 11.4. The van der Waals surface area contributed by atoms with Crippen LogP contribution in [0.3, 0.4) is 0 Å². The number of halogens is 2. The molecule has 0 unspecified atom stereocenters. The zero-order chi connectivity index (χ0) is 22.8. The largest absolute Gasteiger partial charge is 0.482 e. The summed E-state index contributed by atoms with van der Waals surface area (Å²) in [6.45, 7) is 5.83. The van der Waals surface area contributed by atoms with E-state index in [1.54, 1.807) is 12.1 Å². The van der Waals surface area contributed by atoms with Crippen LogP contribution in [0.25, 0.3) is 22.6 Å². The highest BCUT2D eigenvalue weighted by Crippen LogP contribution is 2.32. The maximum absolute atomic E-state index is 12.3. The van der Waals surface area contributed by atoms with Crippen LogP contribution in [0.4, 0.5) is 5.69 Å². The topological polar surface area (TPSA) is 64.4 Å². The molecule has 0 saturated carbocycles. The average Bonchev–Trinajstić information content (AvgIpc) is 3.18. The Kier molecular flexibility index (Phi) is 6.53. The Morgan fingerprint density at radius 3 is 2.59 bits per heavy atom. The SMILES string of the molecule is CCc1cc(Br)c2oc(-c3ccc(NC(=O)COc4c(C)cc(C)cc4Cl)cc3)nc2c1. The number of rotatable bonds is 6. The van der Waals surface area contributed by atoms with Gasteiger partial charge in [0.25, 0.3) is 5.91 Å². The van der Waals surface area contributed by atoms with Crippen molar-refractivity contribution < 1.29 is 13.9 Å². The molecule has 4 rings (SSSR count). The first kappa shape index (κ1) is 22.4. The molecular formula is C25H22BrClN2O3. The fourth-order valence-corrected chi connectivity index (χ4v) is 4.44. The molecule has 0 spiro atoms. The fourth-order valence-electron chi connectivity index (χ4n) is 3.49. The lowest BCUT2D eigenvalue weighted by Gasteiger charge is -2.12. The third-order valence-electron chi connectivity index (χ3n) is 5.05. The van der Waals surface area contributed by atoms with E-state index < -0.39 is 0 Å². The molecule has 0 radical (unpaired) electrons. The van der Waals surface area contributed by atoms with Crippen molar-refractivity contribution in [1.29, 1.82) is 0 Å². The van der Waals surface area contributed by atoms with Gasteiger partial charge in [-0.25, -0.2) is 4.98 Å². The maximum Gasteiger partial charge on any atom is 0.262 e. The molecule has 1 aromatic heterocycles. The van der Waals surface area contributed by atoms with E-state index in [1.165, 1.54) is 5.56 Å². The lowest BCUT2D eigenvalue weighted by Crippen LogP contribution is -2.20. The van der Waals surface area contributed by atoms with E-state index in [9.17, 15) is 4.79 Å². The summed E-state index contributed by atoms with van der Waals surface area (Å²) in [6.07, 6.45) is 0.921. The van der Waals surface area contributed by atoms with Crippen molar-refractivity contribution in [2.24, 2.45) is 0 Å². The quantitative estimate of drug-likeness (QED) is 0.298. The van der Waals surface area contributed by atoms with Gasteiger partial charge in [0.05, 0.1) is 9.50 Å². The smallest absolute Gasteiger partial charge is 0.262 e. The van der Waals surface area contributed by atoms with Crippen molar-refractivity contribution in [3.8, 4) is 17.2 Å². The Labute approximate surface area is 199 Å². The molecule has 7 heteroatoms. The van der Waals surface area contributed by atoms with Gasteiger partial charge < -0.3 is 14.5 Å². The number of carbonyl (C=O) groups is 1. The number of aryl methyl sites for hydroxylation is 3. The molecule has 1 N–H and O–H groups in total. The first-order valence-electron chi connectivity index (χ1n) is 10.2. The summed E-state index contributed by atoms with van der Waals surface area (Å²) in [5, 5.41) is 3.32. The third-order valence-corrected chi connectivity index (χ3v) is 5.92. The van der Waals surface area contributed by atoms with E-state index >= 15 is 0 Å².